The van der Waals surface area contributed by atoms with E-state index in [0.717, 1.165) is 0 Å². The molecule has 0 bridgehead atoms. The second kappa shape index (κ2) is 2.45. The van der Waals surface area contributed by atoms with Gasteiger partial charge in [0.15, 0.2) is 0 Å². The van der Waals surface area contributed by atoms with Crippen LogP contribution in [-0.4, -0.2) is 33.8 Å². The Hall–Kier alpha value is -0.101. The summed E-state index contributed by atoms with van der Waals surface area (Å²) in [6, 6.07) is 0. The van der Waals surface area contributed by atoms with E-state index in [1.54, 1.807) is 0 Å². The van der Waals surface area contributed by atoms with Crippen LogP contribution in [0.4, 0.5) is 4.79 Å². The number of hydrogen-bond donors (Lipinski definition) is 2. The van der Waals surface area contributed by atoms with Gasteiger partial charge in [0.05, 0.1) is 0 Å². The maximum absolute atomic E-state index is 9.75. The van der Waals surface area contributed by atoms with Gasteiger partial charge in [-0.05, 0) is 0 Å². The van der Waals surface area contributed by atoms with Crippen LogP contribution in [0.1, 0.15) is 0 Å². The van der Waals surface area contributed by atoms with Crippen molar-refractivity contribution < 1.29 is 17.8 Å². The minimum absolute atomic E-state index is 0.937. The van der Waals surface area contributed by atoms with Gasteiger partial charge in [-0.3, -0.25) is 0 Å². The first-order valence-electron chi connectivity index (χ1n) is 1.38. The molecule has 0 fully saturated rings. The van der Waals surface area contributed by atoms with Crippen LogP contribution in [0.25, 0.3) is 0 Å². The van der Waals surface area contributed by atoms with Crippen molar-refractivity contribution >= 4 is 31.1 Å². The first-order chi connectivity index (χ1) is 3.42. The van der Waals surface area contributed by atoms with Crippen molar-refractivity contribution in [2.24, 2.45) is 0 Å². The predicted molar refractivity (Wildman–Crippen MR) is 25.8 cm³/mol. The summed E-state index contributed by atoms with van der Waals surface area (Å²) < 4.78 is 28.3. The molecule has 0 aliphatic carbocycles. The Morgan fingerprint density at radius 1 is 1.62 bits per heavy atom. The second-order valence-corrected chi connectivity index (χ2v) is 2.80. The van der Waals surface area contributed by atoms with Crippen molar-refractivity contribution in [3.8, 4) is 0 Å². The third-order valence-electron chi connectivity index (χ3n) is 0.212. The van der Waals surface area contributed by atoms with Gasteiger partial charge in [-0.1, -0.05) is 0 Å². The van der Waals surface area contributed by atoms with Gasteiger partial charge >= 0.3 is 53.6 Å². The molecule has 8 heavy (non-hydrogen) atoms. The summed E-state index contributed by atoms with van der Waals surface area (Å²) in [6.45, 7) is 0. The van der Waals surface area contributed by atoms with E-state index in [0.29, 0.717) is 0 Å². The van der Waals surface area contributed by atoms with E-state index in [-0.39, 0.29) is 0 Å². The van der Waals surface area contributed by atoms with Crippen LogP contribution in [0.2, 0.25) is 0 Å². The summed E-state index contributed by atoms with van der Waals surface area (Å²) >= 11 is 1.81. The normalized spacial score (nSPS) is 10.6. The molecule has 0 aromatic heterocycles. The SMILES string of the molecule is O=C([Se])NS(=O)(=O)O. The predicted octanol–water partition coefficient (Wildman–Crippen LogP) is -1.33. The molecular weight excluding hydrogens is 201 g/mol. The Morgan fingerprint density at radius 2 is 2.00 bits per heavy atom. The quantitative estimate of drug-likeness (QED) is 0.408. The first kappa shape index (κ1) is 7.90. The van der Waals surface area contributed by atoms with Crippen LogP contribution in [0.3, 0.4) is 0 Å². The van der Waals surface area contributed by atoms with Crippen LogP contribution in [0, 0.1) is 0 Å². The van der Waals surface area contributed by atoms with E-state index in [1.807, 2.05) is 16.0 Å². The van der Waals surface area contributed by atoms with Crippen LogP contribution < -0.4 is 4.72 Å². The number of nitrogens with one attached hydrogen (secondary N) is 1. The van der Waals surface area contributed by atoms with Gasteiger partial charge in [-0.15, -0.1) is 0 Å². The monoisotopic (exact) mass is 204 g/mol. The number of carbonyl (C=O) groups is 1. The van der Waals surface area contributed by atoms with Crippen LogP contribution in [-0.2, 0) is 10.3 Å². The van der Waals surface area contributed by atoms with Crippen molar-refractivity contribution in [2.45, 2.75) is 0 Å². The van der Waals surface area contributed by atoms with Crippen LogP contribution in [0.15, 0.2) is 0 Å². The molecule has 1 amide bonds. The van der Waals surface area contributed by atoms with E-state index in [2.05, 4.69) is 0 Å². The van der Waals surface area contributed by atoms with E-state index in [4.69, 9.17) is 4.55 Å². The number of rotatable bonds is 1. The molecule has 0 heterocycles. The van der Waals surface area contributed by atoms with Gasteiger partial charge in [0, 0.05) is 0 Å². The Labute approximate surface area is 54.1 Å². The van der Waals surface area contributed by atoms with Gasteiger partial charge in [0.1, 0.15) is 0 Å². The number of carbonyl (C=O) groups excluding carboxylic acids is 1. The van der Waals surface area contributed by atoms with E-state index in [9.17, 15) is 13.2 Å². The fourth-order valence-electron chi connectivity index (χ4n) is 0.105. The van der Waals surface area contributed by atoms with E-state index < -0.39 is 15.1 Å². The van der Waals surface area contributed by atoms with Crippen molar-refractivity contribution in [3.63, 3.8) is 0 Å². The first-order valence-corrected chi connectivity index (χ1v) is 3.67. The summed E-state index contributed by atoms with van der Waals surface area (Å²) in [5, 5.41) is 0. The summed E-state index contributed by atoms with van der Waals surface area (Å²) in [5.41, 5.74) is 0. The summed E-state index contributed by atoms with van der Waals surface area (Å²) in [5.74, 6) is 0. The van der Waals surface area contributed by atoms with Gasteiger partial charge in [-0.2, -0.15) is 0 Å². The summed E-state index contributed by atoms with van der Waals surface area (Å²) in [7, 11) is -4.35. The van der Waals surface area contributed by atoms with E-state index >= 15 is 0 Å². The second-order valence-electron chi connectivity index (χ2n) is 0.865. The average Bonchev–Trinajstić information content (AvgIpc) is 1.21. The molecule has 0 unspecified atom stereocenters. The third-order valence-corrected chi connectivity index (χ3v) is 1.16. The van der Waals surface area contributed by atoms with Crippen LogP contribution in [0.5, 0.6) is 0 Å². The molecule has 0 aliphatic heterocycles. The zero-order valence-corrected chi connectivity index (χ0v) is 6.02. The molecule has 1 radical (unpaired) electrons. The van der Waals surface area contributed by atoms with Crippen molar-refractivity contribution in [1.82, 2.24) is 4.72 Å². The molecule has 5 nitrogen and oxygen atoms in total. The van der Waals surface area contributed by atoms with Gasteiger partial charge in [-0.25, -0.2) is 0 Å². The molecule has 47 valence electrons. The number of hydrogen-bond acceptors (Lipinski definition) is 3. The molecule has 0 aromatic carbocycles. The average molecular weight is 203 g/mol. The molecule has 0 atom stereocenters. The van der Waals surface area contributed by atoms with Crippen molar-refractivity contribution in [2.75, 3.05) is 0 Å². The molecule has 0 spiro atoms. The fraction of sp³-hybridized carbons (Fsp3) is 0. The molecule has 7 heteroatoms. The van der Waals surface area contributed by atoms with Gasteiger partial charge < -0.3 is 0 Å². The Balaban J connectivity index is 3.95. The topological polar surface area (TPSA) is 83.5 Å². The Morgan fingerprint density at radius 3 is 2.00 bits per heavy atom. The number of amides is 1. The minimum atomic E-state index is -4.35. The van der Waals surface area contributed by atoms with Gasteiger partial charge in [0.25, 0.3) is 0 Å². The van der Waals surface area contributed by atoms with E-state index in [1.165, 1.54) is 4.72 Å². The Kier molecular flexibility index (Phi) is 2.42. The zero-order valence-electron chi connectivity index (χ0n) is 3.49. The molecule has 0 saturated carbocycles. The summed E-state index contributed by atoms with van der Waals surface area (Å²) in [4.78, 5) is 8.82. The Bertz CT molecular complexity index is 182. The molecular formula is CH2NO4SSe. The molecule has 0 saturated heterocycles. The molecule has 0 aliphatic rings. The molecule has 0 aromatic rings. The zero-order chi connectivity index (χ0) is 6.78. The van der Waals surface area contributed by atoms with Gasteiger partial charge in [0.2, 0.25) is 0 Å². The van der Waals surface area contributed by atoms with Crippen molar-refractivity contribution in [3.05, 3.63) is 0 Å². The fourth-order valence-corrected chi connectivity index (χ4v) is 0.979. The molecule has 2 N–H and O–H groups in total. The van der Waals surface area contributed by atoms with Crippen molar-refractivity contribution in [1.29, 1.82) is 0 Å². The third kappa shape index (κ3) is 5.90. The maximum atomic E-state index is 9.75. The molecule has 0 rings (SSSR count). The summed E-state index contributed by atoms with van der Waals surface area (Å²) in [6.07, 6.45) is 0. The van der Waals surface area contributed by atoms with Crippen LogP contribution >= 0.6 is 0 Å². The standard InChI is InChI=1S/CH2NO4SSe/c3-1(8)2-7(4,5)6/h(H,2,3)(H,4,5,6).